The van der Waals surface area contributed by atoms with Gasteiger partial charge in [-0.3, -0.25) is 0 Å². The SMILES string of the molecule is CO[C@@](C(=O)O[C@H]1OC(=O)C=C1[C@H]1CC=C(CC[C@]2(C)[C@H]3CCC=C(C)[C@]3(C)CC[C@@H]2C)CO1)(c1ccccc1)C(F)(F)F. The van der Waals surface area contributed by atoms with E-state index < -0.39 is 41.7 Å². The maximum Gasteiger partial charge on any atom is 0.432 e. The number of ether oxygens (including phenoxy) is 4. The number of carbonyl (C=O) groups excluding carboxylic acids is 2. The highest BCUT2D eigenvalue weighted by Gasteiger charge is 2.65. The van der Waals surface area contributed by atoms with Gasteiger partial charge in [0.2, 0.25) is 0 Å². The van der Waals surface area contributed by atoms with E-state index in [1.54, 1.807) is 0 Å². The Morgan fingerprint density at radius 2 is 1.84 bits per heavy atom. The molecule has 1 fully saturated rings. The van der Waals surface area contributed by atoms with Gasteiger partial charge in [0.05, 0.1) is 12.7 Å². The van der Waals surface area contributed by atoms with Gasteiger partial charge in [0.25, 0.3) is 11.9 Å². The number of benzene rings is 1. The molecule has 0 saturated heterocycles. The van der Waals surface area contributed by atoms with Crippen molar-refractivity contribution in [2.75, 3.05) is 13.7 Å². The predicted octanol–water partition coefficient (Wildman–Crippen LogP) is 7.74. The zero-order chi connectivity index (χ0) is 31.9. The number of rotatable bonds is 8. The molecule has 1 aromatic rings. The van der Waals surface area contributed by atoms with E-state index in [9.17, 15) is 22.8 Å². The second kappa shape index (κ2) is 12.1. The molecule has 0 bridgehead atoms. The van der Waals surface area contributed by atoms with Crippen LogP contribution in [-0.2, 0) is 34.1 Å². The summed E-state index contributed by atoms with van der Waals surface area (Å²) in [4.78, 5) is 25.4. The molecule has 9 heteroatoms. The lowest BCUT2D eigenvalue weighted by Gasteiger charge is -2.58. The smallest absolute Gasteiger partial charge is 0.418 e. The summed E-state index contributed by atoms with van der Waals surface area (Å²) in [6, 6.07) is 6.52. The Kier molecular flexibility index (Phi) is 8.95. The number of esters is 2. The Bertz CT molecular complexity index is 1350. The van der Waals surface area contributed by atoms with Crippen molar-refractivity contribution in [1.82, 2.24) is 0 Å². The maximum absolute atomic E-state index is 14.4. The molecule has 0 amide bonds. The number of alkyl halides is 3. The highest BCUT2D eigenvalue weighted by Crippen LogP contribution is 2.62. The third-order valence-electron chi connectivity index (χ3n) is 11.2. The number of fused-ring (bicyclic) bond motifs is 1. The fourth-order valence-electron chi connectivity index (χ4n) is 8.09. The maximum atomic E-state index is 14.4. The van der Waals surface area contributed by atoms with E-state index in [0.29, 0.717) is 24.9 Å². The van der Waals surface area contributed by atoms with Crippen LogP contribution in [0.3, 0.4) is 0 Å². The van der Waals surface area contributed by atoms with Gasteiger partial charge in [-0.2, -0.15) is 13.2 Å². The van der Waals surface area contributed by atoms with Crippen LogP contribution in [0.1, 0.15) is 78.2 Å². The van der Waals surface area contributed by atoms with Crippen molar-refractivity contribution in [3.05, 3.63) is 70.8 Å². The van der Waals surface area contributed by atoms with Crippen molar-refractivity contribution in [1.29, 1.82) is 0 Å². The molecular weight excluding hydrogens is 573 g/mol. The second-order valence-electron chi connectivity index (χ2n) is 13.3. The molecule has 5 rings (SSSR count). The lowest BCUT2D eigenvalue weighted by atomic mass is 9.47. The van der Waals surface area contributed by atoms with Crippen molar-refractivity contribution in [2.24, 2.45) is 22.7 Å². The average molecular weight is 617 g/mol. The van der Waals surface area contributed by atoms with Crippen molar-refractivity contribution in [3.8, 4) is 0 Å². The molecule has 1 aromatic carbocycles. The van der Waals surface area contributed by atoms with Crippen molar-refractivity contribution >= 4 is 11.9 Å². The second-order valence-corrected chi connectivity index (χ2v) is 13.3. The minimum Gasteiger partial charge on any atom is -0.418 e. The summed E-state index contributed by atoms with van der Waals surface area (Å²) in [6.45, 7) is 9.88. The van der Waals surface area contributed by atoms with Crippen molar-refractivity contribution < 1.29 is 41.7 Å². The number of hydrogen-bond acceptors (Lipinski definition) is 6. The van der Waals surface area contributed by atoms with Crippen LogP contribution in [0.25, 0.3) is 0 Å². The molecule has 0 aromatic heterocycles. The molecule has 1 saturated carbocycles. The Balaban J connectivity index is 1.27. The summed E-state index contributed by atoms with van der Waals surface area (Å²) in [6.07, 6.45) is 5.23. The molecule has 0 radical (unpaired) electrons. The van der Waals surface area contributed by atoms with Crippen LogP contribution in [0.4, 0.5) is 13.2 Å². The summed E-state index contributed by atoms with van der Waals surface area (Å²) in [5.41, 5.74) is -0.562. The Morgan fingerprint density at radius 1 is 1.11 bits per heavy atom. The first-order valence-corrected chi connectivity index (χ1v) is 15.5. The van der Waals surface area contributed by atoms with Gasteiger partial charge in [-0.25, -0.2) is 9.59 Å². The number of allylic oxidation sites excluding steroid dienone is 2. The van der Waals surface area contributed by atoms with E-state index in [1.165, 1.54) is 43.0 Å². The van der Waals surface area contributed by atoms with E-state index in [0.717, 1.165) is 50.2 Å². The Morgan fingerprint density at radius 3 is 2.48 bits per heavy atom. The normalized spacial score (nSPS) is 33.7. The van der Waals surface area contributed by atoms with Crippen molar-refractivity contribution in [3.63, 3.8) is 0 Å². The van der Waals surface area contributed by atoms with Gasteiger partial charge < -0.3 is 18.9 Å². The van der Waals surface area contributed by atoms with Gasteiger partial charge in [-0.1, -0.05) is 68.8 Å². The van der Waals surface area contributed by atoms with Crippen molar-refractivity contribution in [2.45, 2.75) is 96.8 Å². The van der Waals surface area contributed by atoms with Gasteiger partial charge in [0, 0.05) is 24.3 Å². The summed E-state index contributed by atoms with van der Waals surface area (Å²) < 4.78 is 64.4. The first-order valence-electron chi connectivity index (χ1n) is 15.5. The molecule has 240 valence electrons. The molecule has 2 aliphatic carbocycles. The van der Waals surface area contributed by atoms with Gasteiger partial charge in [0.15, 0.2) is 0 Å². The minimum absolute atomic E-state index is 0.173. The Hall–Kier alpha value is -2.91. The average Bonchev–Trinajstić information content (AvgIpc) is 3.35. The van der Waals surface area contributed by atoms with Crippen LogP contribution in [0.15, 0.2) is 65.3 Å². The summed E-state index contributed by atoms with van der Waals surface area (Å²) in [7, 11) is 0.789. The number of cyclic esters (lactones) is 1. The van der Waals surface area contributed by atoms with Crippen LogP contribution < -0.4 is 0 Å². The molecule has 6 nitrogen and oxygen atoms in total. The molecule has 2 aliphatic heterocycles. The molecule has 0 N–H and O–H groups in total. The standard InChI is InChI=1S/C35H43F3O6/c1-22-10-9-13-28-32(22,3)18-16-23(2)33(28,4)19-17-24-14-15-27(42-21-24)26-20-29(39)43-30(26)44-31(40)34(41-5,35(36,37)38)25-11-7-6-8-12-25/h6-8,10-12,14,20,23,27-28,30H,9,13,15-19,21H2,1-5H3/t23-,27+,28-,30+,32-,33-,34+/m0/s1. The molecule has 4 aliphatic rings. The topological polar surface area (TPSA) is 71.1 Å². The lowest BCUT2D eigenvalue weighted by Crippen LogP contribution is -2.52. The van der Waals surface area contributed by atoms with Crippen LogP contribution in [-0.4, -0.2) is 44.2 Å². The van der Waals surface area contributed by atoms with Gasteiger partial charge >= 0.3 is 18.1 Å². The van der Waals surface area contributed by atoms with Gasteiger partial charge in [-0.15, -0.1) is 0 Å². The molecular formula is C35H43F3O6. The molecule has 0 unspecified atom stereocenters. The number of hydrogen-bond donors (Lipinski definition) is 0. The Labute approximate surface area is 257 Å². The first-order chi connectivity index (χ1) is 20.8. The fourth-order valence-corrected chi connectivity index (χ4v) is 8.09. The largest absolute Gasteiger partial charge is 0.432 e. The monoisotopic (exact) mass is 616 g/mol. The van der Waals surface area contributed by atoms with Crippen LogP contribution >= 0.6 is 0 Å². The summed E-state index contributed by atoms with van der Waals surface area (Å²) in [5, 5.41) is 0. The predicted molar refractivity (Wildman–Crippen MR) is 158 cm³/mol. The number of carbonyl (C=O) groups is 2. The molecule has 7 atom stereocenters. The minimum atomic E-state index is -5.15. The lowest BCUT2D eigenvalue weighted by molar-refractivity contribution is -0.281. The highest BCUT2D eigenvalue weighted by molar-refractivity contribution is 5.87. The highest BCUT2D eigenvalue weighted by atomic mass is 19.4. The zero-order valence-corrected chi connectivity index (χ0v) is 26.2. The third kappa shape index (κ3) is 5.55. The number of methoxy groups -OCH3 is 1. The van der Waals surface area contributed by atoms with E-state index in [1.807, 2.05) is 0 Å². The van der Waals surface area contributed by atoms with Crippen LogP contribution in [0, 0.1) is 22.7 Å². The van der Waals surface area contributed by atoms with E-state index in [2.05, 4.69) is 39.8 Å². The first kappa shape index (κ1) is 32.5. The van der Waals surface area contributed by atoms with E-state index >= 15 is 0 Å². The van der Waals surface area contributed by atoms with Crippen LogP contribution in [0.5, 0.6) is 0 Å². The van der Waals surface area contributed by atoms with E-state index in [4.69, 9.17) is 18.9 Å². The molecule has 0 spiro atoms. The summed E-state index contributed by atoms with van der Waals surface area (Å²) in [5.74, 6) is -1.31. The van der Waals surface area contributed by atoms with Gasteiger partial charge in [-0.05, 0) is 80.1 Å². The quantitative estimate of drug-likeness (QED) is 0.220. The van der Waals surface area contributed by atoms with E-state index in [-0.39, 0.29) is 16.4 Å². The summed E-state index contributed by atoms with van der Waals surface area (Å²) >= 11 is 0. The fraction of sp³-hybridized carbons (Fsp3) is 0.600. The van der Waals surface area contributed by atoms with Crippen LogP contribution in [0.2, 0.25) is 0 Å². The zero-order valence-electron chi connectivity index (χ0n) is 26.2. The molecule has 2 heterocycles. The third-order valence-corrected chi connectivity index (χ3v) is 11.2. The van der Waals surface area contributed by atoms with Gasteiger partial charge in [0.1, 0.15) is 0 Å². The number of halogens is 3. The molecule has 44 heavy (non-hydrogen) atoms.